The van der Waals surface area contributed by atoms with Crippen LogP contribution in [0.1, 0.15) is 33.1 Å². The summed E-state index contributed by atoms with van der Waals surface area (Å²) in [7, 11) is 0. The van der Waals surface area contributed by atoms with Gasteiger partial charge in [0.05, 0.1) is 0 Å². The van der Waals surface area contributed by atoms with E-state index in [1.807, 2.05) is 0 Å². The molecule has 3 unspecified atom stereocenters. The molecule has 0 radical (unpaired) electrons. The highest BCUT2D eigenvalue weighted by molar-refractivity contribution is 6.29. The molecule has 1 heterocycles. The molecule has 1 fully saturated rings. The average Bonchev–Trinajstić information content (AvgIpc) is 2.22. The molecule has 1 saturated carbocycles. The number of halogens is 1. The van der Waals surface area contributed by atoms with Gasteiger partial charge in [0.25, 0.3) is 0 Å². The lowest BCUT2D eigenvalue weighted by atomic mass is 9.79. The topological polar surface area (TPSA) is 63.8 Å². The zero-order valence-electron chi connectivity index (χ0n) is 10.3. The second-order valence-electron chi connectivity index (χ2n) is 5.04. The SMILES string of the molecule is CC1CCC(Nc2cc(Cl)nc(N)n2)CC1C. The van der Waals surface area contributed by atoms with Crippen molar-refractivity contribution in [3.8, 4) is 0 Å². The van der Waals surface area contributed by atoms with Crippen LogP contribution in [0.3, 0.4) is 0 Å². The minimum Gasteiger partial charge on any atom is -0.368 e. The molecule has 0 bridgehead atoms. The van der Waals surface area contributed by atoms with E-state index in [4.69, 9.17) is 17.3 Å². The average molecular weight is 255 g/mol. The van der Waals surface area contributed by atoms with Crippen LogP contribution < -0.4 is 11.1 Å². The molecule has 1 aliphatic carbocycles. The van der Waals surface area contributed by atoms with Crippen LogP contribution in [0.4, 0.5) is 11.8 Å². The summed E-state index contributed by atoms with van der Waals surface area (Å²) in [5.74, 6) is 2.51. The number of nitrogens with one attached hydrogen (secondary N) is 1. The van der Waals surface area contributed by atoms with Crippen LogP contribution in [0.25, 0.3) is 0 Å². The van der Waals surface area contributed by atoms with Crippen molar-refractivity contribution in [1.82, 2.24) is 9.97 Å². The van der Waals surface area contributed by atoms with Crippen molar-refractivity contribution in [2.45, 2.75) is 39.2 Å². The molecule has 94 valence electrons. The molecule has 1 aromatic heterocycles. The summed E-state index contributed by atoms with van der Waals surface area (Å²) in [6.45, 7) is 4.63. The first kappa shape index (κ1) is 12.4. The summed E-state index contributed by atoms with van der Waals surface area (Å²) in [6, 6.07) is 2.19. The van der Waals surface area contributed by atoms with Crippen molar-refractivity contribution in [3.63, 3.8) is 0 Å². The third-order valence-electron chi connectivity index (χ3n) is 3.66. The van der Waals surface area contributed by atoms with Crippen molar-refractivity contribution in [3.05, 3.63) is 11.2 Å². The van der Waals surface area contributed by atoms with Crippen LogP contribution in [-0.2, 0) is 0 Å². The molecule has 1 aromatic rings. The maximum absolute atomic E-state index is 5.85. The Morgan fingerprint density at radius 3 is 2.71 bits per heavy atom. The van der Waals surface area contributed by atoms with E-state index in [0.717, 1.165) is 17.7 Å². The third kappa shape index (κ3) is 3.22. The predicted molar refractivity (Wildman–Crippen MR) is 71.0 cm³/mol. The number of rotatable bonds is 2. The van der Waals surface area contributed by atoms with E-state index in [-0.39, 0.29) is 5.95 Å². The Morgan fingerprint density at radius 1 is 1.29 bits per heavy atom. The molecule has 3 atom stereocenters. The summed E-state index contributed by atoms with van der Waals surface area (Å²) in [5, 5.41) is 3.78. The van der Waals surface area contributed by atoms with E-state index >= 15 is 0 Å². The van der Waals surface area contributed by atoms with Crippen molar-refractivity contribution in [1.29, 1.82) is 0 Å². The standard InChI is InChI=1S/C12H19ClN4/c1-7-3-4-9(5-8(7)2)15-11-6-10(13)16-12(14)17-11/h6-9H,3-5H2,1-2H3,(H3,14,15,16,17). The van der Waals surface area contributed by atoms with E-state index in [1.54, 1.807) is 6.07 Å². The summed E-state index contributed by atoms with van der Waals surface area (Å²) in [6.07, 6.45) is 3.60. The number of hydrogen-bond acceptors (Lipinski definition) is 4. The van der Waals surface area contributed by atoms with Crippen molar-refractivity contribution < 1.29 is 0 Å². The van der Waals surface area contributed by atoms with Gasteiger partial charge < -0.3 is 11.1 Å². The van der Waals surface area contributed by atoms with Crippen molar-refractivity contribution >= 4 is 23.4 Å². The summed E-state index contributed by atoms with van der Waals surface area (Å²) in [4.78, 5) is 7.99. The van der Waals surface area contributed by atoms with E-state index < -0.39 is 0 Å². The van der Waals surface area contributed by atoms with E-state index in [0.29, 0.717) is 11.2 Å². The van der Waals surface area contributed by atoms with Gasteiger partial charge in [-0.05, 0) is 31.1 Å². The van der Waals surface area contributed by atoms with Gasteiger partial charge in [0.15, 0.2) is 0 Å². The number of aromatic nitrogens is 2. The molecule has 0 amide bonds. The molecule has 0 aromatic carbocycles. The molecule has 0 aliphatic heterocycles. The lowest BCUT2D eigenvalue weighted by Crippen LogP contribution is -2.30. The third-order valence-corrected chi connectivity index (χ3v) is 3.86. The Morgan fingerprint density at radius 2 is 2.06 bits per heavy atom. The minimum atomic E-state index is 0.220. The highest BCUT2D eigenvalue weighted by Gasteiger charge is 2.24. The number of nitrogens with zero attached hydrogens (tertiary/aromatic N) is 2. The molecule has 4 nitrogen and oxygen atoms in total. The van der Waals surface area contributed by atoms with Crippen LogP contribution >= 0.6 is 11.6 Å². The van der Waals surface area contributed by atoms with Gasteiger partial charge in [-0.25, -0.2) is 4.98 Å². The Kier molecular flexibility index (Phi) is 3.72. The van der Waals surface area contributed by atoms with Crippen LogP contribution in [0, 0.1) is 11.8 Å². The quantitative estimate of drug-likeness (QED) is 0.797. The predicted octanol–water partition coefficient (Wildman–Crippen LogP) is 2.95. The number of nitrogens with two attached hydrogens (primary N) is 1. The van der Waals surface area contributed by atoms with E-state index in [2.05, 4.69) is 29.1 Å². The minimum absolute atomic E-state index is 0.220. The van der Waals surface area contributed by atoms with Gasteiger partial charge in [0.1, 0.15) is 11.0 Å². The first-order valence-electron chi connectivity index (χ1n) is 6.11. The molecule has 17 heavy (non-hydrogen) atoms. The van der Waals surface area contributed by atoms with Gasteiger partial charge in [0, 0.05) is 12.1 Å². The van der Waals surface area contributed by atoms with Crippen LogP contribution in [0.5, 0.6) is 0 Å². The van der Waals surface area contributed by atoms with Crippen LogP contribution in [-0.4, -0.2) is 16.0 Å². The number of hydrogen-bond donors (Lipinski definition) is 2. The van der Waals surface area contributed by atoms with Crippen LogP contribution in [0.15, 0.2) is 6.07 Å². The molecule has 0 saturated heterocycles. The van der Waals surface area contributed by atoms with E-state index in [9.17, 15) is 0 Å². The fourth-order valence-electron chi connectivity index (χ4n) is 2.40. The molecule has 3 N–H and O–H groups in total. The highest BCUT2D eigenvalue weighted by Crippen LogP contribution is 2.31. The largest absolute Gasteiger partial charge is 0.368 e. The Labute approximate surface area is 107 Å². The van der Waals surface area contributed by atoms with Crippen molar-refractivity contribution in [2.24, 2.45) is 11.8 Å². The summed E-state index contributed by atoms with van der Waals surface area (Å²) in [5.41, 5.74) is 5.57. The molecule has 2 rings (SSSR count). The van der Waals surface area contributed by atoms with E-state index in [1.165, 1.54) is 19.3 Å². The normalized spacial score (nSPS) is 29.0. The van der Waals surface area contributed by atoms with Gasteiger partial charge in [-0.15, -0.1) is 0 Å². The molecular weight excluding hydrogens is 236 g/mol. The summed E-state index contributed by atoms with van der Waals surface area (Å²) >= 11 is 5.85. The fourth-order valence-corrected chi connectivity index (χ4v) is 2.59. The molecule has 1 aliphatic rings. The first-order chi connectivity index (χ1) is 8.04. The number of anilines is 2. The molecule has 0 spiro atoms. The van der Waals surface area contributed by atoms with Gasteiger partial charge in [0.2, 0.25) is 5.95 Å². The maximum Gasteiger partial charge on any atom is 0.223 e. The second-order valence-corrected chi connectivity index (χ2v) is 5.43. The lowest BCUT2D eigenvalue weighted by molar-refractivity contribution is 0.260. The lowest BCUT2D eigenvalue weighted by Gasteiger charge is -2.32. The molecule has 5 heteroatoms. The highest BCUT2D eigenvalue weighted by atomic mass is 35.5. The summed E-state index contributed by atoms with van der Waals surface area (Å²) < 4.78 is 0. The van der Waals surface area contributed by atoms with Gasteiger partial charge in [-0.2, -0.15) is 4.98 Å². The smallest absolute Gasteiger partial charge is 0.223 e. The van der Waals surface area contributed by atoms with Crippen LogP contribution in [0.2, 0.25) is 5.15 Å². The van der Waals surface area contributed by atoms with Gasteiger partial charge in [-0.3, -0.25) is 0 Å². The zero-order chi connectivity index (χ0) is 12.4. The Bertz CT molecular complexity index is 376. The monoisotopic (exact) mass is 254 g/mol. The van der Waals surface area contributed by atoms with Gasteiger partial charge >= 0.3 is 0 Å². The van der Waals surface area contributed by atoms with Gasteiger partial charge in [-0.1, -0.05) is 25.4 Å². The molecular formula is C12H19ClN4. The number of nitrogen functional groups attached to an aromatic ring is 1. The van der Waals surface area contributed by atoms with Crippen molar-refractivity contribution in [2.75, 3.05) is 11.1 Å². The Hall–Kier alpha value is -1.03. The first-order valence-corrected chi connectivity index (χ1v) is 6.49. The Balaban J connectivity index is 2.01. The second kappa shape index (κ2) is 5.08. The zero-order valence-corrected chi connectivity index (χ0v) is 11.0. The maximum atomic E-state index is 5.85. The fraction of sp³-hybridized carbons (Fsp3) is 0.667.